The standard InChI is InChI=1S/2C10H10O.C9H7NO.C9H9NO.C9H8O2.C9H6O2/c2*11-10-7-3-5-8-4-1-2-6-9(8)10;11-9-5-6-10-8-4-2-1-3-7(8)9;11-9-8-4-2-1-3-7(8)5-6-10-9;2*10-8-5-6-11-9-4-2-1-3-7(8)9/h2*1-2,4,6H,3,5,7H2;1-6H,(H,10,11);1-4H,5-6H2,(H,10,11);1-4H,5-6H2;1-6H. The Labute approximate surface area is 382 Å². The molecule has 1 amide bonds. The second-order valence-corrected chi connectivity index (χ2v) is 15.7. The number of ketones is 3. The largest absolute Gasteiger partial charge is 0.492 e. The lowest BCUT2D eigenvalue weighted by Crippen LogP contribution is -2.31. The summed E-state index contributed by atoms with van der Waals surface area (Å²) < 4.78 is 10.4. The Morgan fingerprint density at radius 3 is 1.55 bits per heavy atom. The number of nitrogens with one attached hydrogen (secondary N) is 2. The number of aryl methyl sites for hydroxylation is 2. The highest BCUT2D eigenvalue weighted by atomic mass is 16.5. The van der Waals surface area contributed by atoms with Crippen LogP contribution in [0, 0.1) is 0 Å². The van der Waals surface area contributed by atoms with Gasteiger partial charge < -0.3 is 19.5 Å². The highest BCUT2D eigenvalue weighted by Gasteiger charge is 2.18. The number of aromatic amines is 1. The number of para-hydroxylation sites is 3. The van der Waals surface area contributed by atoms with Crippen LogP contribution in [0.3, 0.4) is 0 Å². The zero-order valence-electron chi connectivity index (χ0n) is 36.5. The van der Waals surface area contributed by atoms with E-state index in [1.807, 2.05) is 127 Å². The van der Waals surface area contributed by atoms with Crippen molar-refractivity contribution in [2.45, 2.75) is 51.4 Å². The average Bonchev–Trinajstić information content (AvgIpc) is 3.36. The topological polar surface area (TPSA) is 153 Å². The predicted molar refractivity (Wildman–Crippen MR) is 258 cm³/mol. The van der Waals surface area contributed by atoms with E-state index in [9.17, 15) is 28.8 Å². The molecule has 8 aromatic rings. The Bertz CT molecular complexity index is 2750. The van der Waals surface area contributed by atoms with Gasteiger partial charge in [0, 0.05) is 71.7 Å². The molecule has 332 valence electrons. The van der Waals surface area contributed by atoms with Crippen LogP contribution in [0.15, 0.2) is 184 Å². The summed E-state index contributed by atoms with van der Waals surface area (Å²) in [7, 11) is 0. The summed E-state index contributed by atoms with van der Waals surface area (Å²) in [6.45, 7) is 1.30. The van der Waals surface area contributed by atoms with Gasteiger partial charge in [-0.1, -0.05) is 103 Å². The highest BCUT2D eigenvalue weighted by Crippen LogP contribution is 2.24. The van der Waals surface area contributed by atoms with E-state index in [2.05, 4.69) is 10.3 Å². The number of rotatable bonds is 0. The smallest absolute Gasteiger partial charge is 0.251 e. The van der Waals surface area contributed by atoms with Crippen molar-refractivity contribution in [1.82, 2.24) is 10.3 Å². The third-order valence-corrected chi connectivity index (χ3v) is 11.3. The lowest BCUT2D eigenvalue weighted by molar-refractivity contribution is 0.0928. The van der Waals surface area contributed by atoms with E-state index in [-0.39, 0.29) is 22.5 Å². The monoisotopic (exact) mass is 878 g/mol. The number of Topliss-reactive ketones (excluding diaryl/α,β-unsaturated/α-hetero) is 3. The number of benzene rings is 6. The van der Waals surface area contributed by atoms with Crippen molar-refractivity contribution in [3.63, 3.8) is 0 Å². The summed E-state index contributed by atoms with van der Waals surface area (Å²) in [5, 5.41) is 4.18. The molecule has 0 bridgehead atoms. The van der Waals surface area contributed by atoms with Crippen LogP contribution in [0.25, 0.3) is 21.9 Å². The number of hydrogen-bond donors (Lipinski definition) is 2. The molecule has 12 rings (SSSR count). The second kappa shape index (κ2) is 23.1. The number of amides is 1. The first-order chi connectivity index (χ1) is 32.3. The summed E-state index contributed by atoms with van der Waals surface area (Å²) >= 11 is 0. The van der Waals surface area contributed by atoms with E-state index < -0.39 is 0 Å². The maximum atomic E-state index is 11.3. The number of H-pyrrole nitrogens is 1. The van der Waals surface area contributed by atoms with Gasteiger partial charge in [0.2, 0.25) is 0 Å². The molecular weight excluding hydrogens is 829 g/mol. The molecule has 0 spiro atoms. The van der Waals surface area contributed by atoms with Crippen molar-refractivity contribution in [2.24, 2.45) is 0 Å². The molecule has 0 fully saturated rings. The third-order valence-electron chi connectivity index (χ3n) is 11.3. The van der Waals surface area contributed by atoms with Crippen LogP contribution in [0.1, 0.15) is 90.2 Å². The van der Waals surface area contributed by atoms with Crippen molar-refractivity contribution in [3.8, 4) is 5.75 Å². The molecule has 4 heterocycles. The Morgan fingerprint density at radius 2 is 0.939 bits per heavy atom. The first kappa shape index (κ1) is 46.0. The van der Waals surface area contributed by atoms with Gasteiger partial charge in [-0.3, -0.25) is 28.8 Å². The third kappa shape index (κ3) is 12.2. The fraction of sp³-hybridized carbons (Fsp3) is 0.179. The number of carbonyl (C=O) groups excluding carboxylic acids is 4. The molecule has 0 atom stereocenters. The van der Waals surface area contributed by atoms with Gasteiger partial charge >= 0.3 is 0 Å². The molecule has 2 aliphatic heterocycles. The van der Waals surface area contributed by atoms with Crippen molar-refractivity contribution in [2.75, 3.05) is 13.2 Å². The minimum absolute atomic E-state index is 0.00634. The van der Waals surface area contributed by atoms with Gasteiger partial charge in [0.1, 0.15) is 11.3 Å². The molecule has 2 aliphatic carbocycles. The zero-order valence-corrected chi connectivity index (χ0v) is 36.5. The molecule has 0 saturated carbocycles. The SMILES string of the molecule is O=C1CCCc2ccccc21.O=C1CCCc2ccccc21.O=C1CCOc2ccccc21.O=C1NCCc2ccccc21.O=c1cc[nH]c2ccccc12.O=c1ccoc2ccccc12. The van der Waals surface area contributed by atoms with Crippen molar-refractivity contribution < 1.29 is 28.3 Å². The van der Waals surface area contributed by atoms with E-state index in [0.717, 1.165) is 96.0 Å². The predicted octanol–water partition coefficient (Wildman–Crippen LogP) is 10.4. The lowest BCUT2D eigenvalue weighted by atomic mass is 9.91. The maximum absolute atomic E-state index is 11.3. The number of aromatic nitrogens is 1. The van der Waals surface area contributed by atoms with Crippen LogP contribution in [0.2, 0.25) is 0 Å². The molecule has 2 N–H and O–H groups in total. The Morgan fingerprint density at radius 1 is 0.424 bits per heavy atom. The van der Waals surface area contributed by atoms with Gasteiger partial charge in [0.05, 0.1) is 23.8 Å². The van der Waals surface area contributed by atoms with E-state index in [1.165, 1.54) is 29.5 Å². The van der Waals surface area contributed by atoms with Gasteiger partial charge in [0.15, 0.2) is 28.2 Å². The quantitative estimate of drug-likeness (QED) is 0.153. The Kier molecular flexibility index (Phi) is 16.1. The van der Waals surface area contributed by atoms with Crippen LogP contribution >= 0.6 is 0 Å². The summed E-state index contributed by atoms with van der Waals surface area (Å²) in [6.07, 6.45) is 10.2. The maximum Gasteiger partial charge on any atom is 0.251 e. The number of hydrogen-bond acceptors (Lipinski definition) is 8. The van der Waals surface area contributed by atoms with E-state index in [4.69, 9.17) is 9.15 Å². The molecule has 10 nitrogen and oxygen atoms in total. The first-order valence-electron chi connectivity index (χ1n) is 22.1. The average molecular weight is 879 g/mol. The van der Waals surface area contributed by atoms with E-state index in [1.54, 1.807) is 24.4 Å². The lowest BCUT2D eigenvalue weighted by Gasteiger charge is -2.15. The van der Waals surface area contributed by atoms with Crippen LogP contribution in [-0.4, -0.2) is 41.4 Å². The summed E-state index contributed by atoms with van der Waals surface area (Å²) in [6, 6.07) is 48.5. The van der Waals surface area contributed by atoms with Crippen molar-refractivity contribution in [3.05, 3.63) is 230 Å². The van der Waals surface area contributed by atoms with E-state index >= 15 is 0 Å². The van der Waals surface area contributed by atoms with Gasteiger partial charge in [-0.05, 0) is 91.3 Å². The molecule has 0 saturated heterocycles. The van der Waals surface area contributed by atoms with Crippen LogP contribution in [-0.2, 0) is 19.3 Å². The molecule has 66 heavy (non-hydrogen) atoms. The second-order valence-electron chi connectivity index (χ2n) is 15.7. The van der Waals surface area contributed by atoms with Crippen LogP contribution < -0.4 is 20.9 Å². The molecule has 2 aromatic heterocycles. The molecule has 6 aromatic carbocycles. The van der Waals surface area contributed by atoms with E-state index in [0.29, 0.717) is 35.6 Å². The minimum Gasteiger partial charge on any atom is -0.492 e. The highest BCUT2D eigenvalue weighted by molar-refractivity contribution is 6.00. The van der Waals surface area contributed by atoms with Gasteiger partial charge in [-0.25, -0.2) is 0 Å². The Balaban J connectivity index is 0.000000118. The molecule has 10 heteroatoms. The van der Waals surface area contributed by atoms with Crippen LogP contribution in [0.5, 0.6) is 5.75 Å². The number of fused-ring (bicyclic) bond motifs is 6. The normalized spacial score (nSPS) is 13.9. The summed E-state index contributed by atoms with van der Waals surface area (Å²) in [5.74, 6) is 1.60. The molecule has 4 aliphatic rings. The zero-order chi connectivity index (χ0) is 46.1. The first-order valence-corrected chi connectivity index (χ1v) is 22.1. The number of pyridine rings is 1. The fourth-order valence-corrected chi connectivity index (χ4v) is 7.90. The van der Waals surface area contributed by atoms with Gasteiger partial charge in [-0.2, -0.15) is 0 Å². The van der Waals surface area contributed by atoms with Crippen molar-refractivity contribution in [1.29, 1.82) is 0 Å². The van der Waals surface area contributed by atoms with Gasteiger partial charge in [0.25, 0.3) is 5.91 Å². The van der Waals surface area contributed by atoms with Gasteiger partial charge in [-0.15, -0.1) is 0 Å². The molecule has 0 unspecified atom stereocenters. The van der Waals surface area contributed by atoms with Crippen LogP contribution in [0.4, 0.5) is 0 Å². The molecule has 0 radical (unpaired) electrons. The number of ether oxygens (including phenoxy) is 1. The summed E-state index contributed by atoms with van der Waals surface area (Å²) in [4.78, 5) is 70.2. The fourth-order valence-electron chi connectivity index (χ4n) is 7.90. The summed E-state index contributed by atoms with van der Waals surface area (Å²) in [5.41, 5.74) is 8.66. The number of carbonyl (C=O) groups is 4. The molecular formula is C56H50N2O8. The minimum atomic E-state index is 0.00634. The van der Waals surface area contributed by atoms with Crippen molar-refractivity contribution >= 4 is 45.1 Å². The Hall–Kier alpha value is -7.98.